The maximum atomic E-state index is 12.2. The van der Waals surface area contributed by atoms with Gasteiger partial charge >= 0.3 is 0 Å². The molecule has 0 saturated carbocycles. The van der Waals surface area contributed by atoms with E-state index in [0.29, 0.717) is 24.0 Å². The summed E-state index contributed by atoms with van der Waals surface area (Å²) >= 11 is 0. The summed E-state index contributed by atoms with van der Waals surface area (Å²) in [6, 6.07) is 23.6. The summed E-state index contributed by atoms with van der Waals surface area (Å²) < 4.78 is 11.6. The van der Waals surface area contributed by atoms with Crippen molar-refractivity contribution in [1.29, 1.82) is 0 Å². The fourth-order valence-electron chi connectivity index (χ4n) is 2.93. The van der Waals surface area contributed by atoms with Crippen molar-refractivity contribution in [3.8, 4) is 11.5 Å². The quantitative estimate of drug-likeness (QED) is 0.384. The minimum atomic E-state index is -0.326. The standard InChI is InChI=1S/C26H28N2O3/c1-19(2)22-14-13-20(3)25(15-22)31-18-26(29)28-27-16-23-11-7-8-12-24(23)30-17-21-9-5-4-6-10-21/h4-16,19H,17-18H2,1-3H3,(H,28,29)/b27-16-. The third kappa shape index (κ3) is 6.71. The number of hydrazone groups is 1. The van der Waals surface area contributed by atoms with Crippen molar-refractivity contribution in [2.75, 3.05) is 6.61 Å². The van der Waals surface area contributed by atoms with E-state index in [-0.39, 0.29) is 12.5 Å². The molecule has 0 radical (unpaired) electrons. The molecule has 31 heavy (non-hydrogen) atoms. The van der Waals surface area contributed by atoms with E-state index in [1.54, 1.807) is 6.21 Å². The molecule has 0 saturated heterocycles. The molecule has 0 heterocycles. The molecule has 3 aromatic rings. The molecule has 5 heteroatoms. The first-order chi connectivity index (χ1) is 15.0. The predicted molar refractivity (Wildman–Crippen MR) is 124 cm³/mol. The molecular weight excluding hydrogens is 388 g/mol. The van der Waals surface area contributed by atoms with Gasteiger partial charge in [0.05, 0.1) is 6.21 Å². The molecule has 0 aromatic heterocycles. The van der Waals surface area contributed by atoms with Crippen molar-refractivity contribution < 1.29 is 14.3 Å². The number of benzene rings is 3. The van der Waals surface area contributed by atoms with Gasteiger partial charge in [0.15, 0.2) is 6.61 Å². The van der Waals surface area contributed by atoms with Crippen molar-refractivity contribution in [2.45, 2.75) is 33.3 Å². The van der Waals surface area contributed by atoms with Crippen LogP contribution >= 0.6 is 0 Å². The molecule has 5 nitrogen and oxygen atoms in total. The van der Waals surface area contributed by atoms with Crippen LogP contribution in [0, 0.1) is 6.92 Å². The molecule has 0 spiro atoms. The molecule has 160 valence electrons. The molecule has 1 amide bonds. The molecule has 0 fully saturated rings. The summed E-state index contributed by atoms with van der Waals surface area (Å²) in [5.74, 6) is 1.48. The van der Waals surface area contributed by atoms with Crippen molar-refractivity contribution in [3.05, 3.63) is 95.1 Å². The number of nitrogens with one attached hydrogen (secondary N) is 1. The van der Waals surface area contributed by atoms with Gasteiger partial charge < -0.3 is 9.47 Å². The zero-order valence-corrected chi connectivity index (χ0v) is 18.2. The summed E-state index contributed by atoms with van der Waals surface area (Å²) in [5.41, 5.74) is 6.53. The van der Waals surface area contributed by atoms with Gasteiger partial charge in [-0.05, 0) is 47.7 Å². The second-order valence-corrected chi connectivity index (χ2v) is 7.57. The van der Waals surface area contributed by atoms with Crippen LogP contribution < -0.4 is 14.9 Å². The number of aryl methyl sites for hydroxylation is 1. The maximum absolute atomic E-state index is 12.2. The van der Waals surface area contributed by atoms with E-state index in [2.05, 4.69) is 30.4 Å². The van der Waals surface area contributed by atoms with E-state index in [1.165, 1.54) is 5.56 Å². The lowest BCUT2D eigenvalue weighted by Crippen LogP contribution is -2.24. The second-order valence-electron chi connectivity index (χ2n) is 7.57. The lowest BCUT2D eigenvalue weighted by atomic mass is 10.0. The van der Waals surface area contributed by atoms with E-state index < -0.39 is 0 Å². The monoisotopic (exact) mass is 416 g/mol. The van der Waals surface area contributed by atoms with E-state index in [9.17, 15) is 4.79 Å². The average Bonchev–Trinajstić information content (AvgIpc) is 2.78. The van der Waals surface area contributed by atoms with Gasteiger partial charge in [0.2, 0.25) is 0 Å². The smallest absolute Gasteiger partial charge is 0.277 e. The number of para-hydroxylation sites is 1. The average molecular weight is 417 g/mol. The number of hydrogen-bond acceptors (Lipinski definition) is 4. The minimum absolute atomic E-state index is 0.105. The summed E-state index contributed by atoms with van der Waals surface area (Å²) in [5, 5.41) is 4.05. The van der Waals surface area contributed by atoms with Gasteiger partial charge in [0.1, 0.15) is 18.1 Å². The topological polar surface area (TPSA) is 59.9 Å². The molecular formula is C26H28N2O3. The number of ether oxygens (including phenoxy) is 2. The Hall–Kier alpha value is -3.60. The maximum Gasteiger partial charge on any atom is 0.277 e. The van der Waals surface area contributed by atoms with E-state index >= 15 is 0 Å². The SMILES string of the molecule is Cc1ccc(C(C)C)cc1OCC(=O)N/N=C\c1ccccc1OCc1ccccc1. The van der Waals surface area contributed by atoms with Crippen LogP contribution in [-0.4, -0.2) is 18.7 Å². The van der Waals surface area contributed by atoms with Gasteiger partial charge in [0, 0.05) is 5.56 Å². The van der Waals surface area contributed by atoms with E-state index in [4.69, 9.17) is 9.47 Å². The van der Waals surface area contributed by atoms with Crippen LogP contribution in [0.1, 0.15) is 42.0 Å². The second kappa shape index (κ2) is 11.0. The Morgan fingerprint density at radius 1 is 0.968 bits per heavy atom. The van der Waals surface area contributed by atoms with Gasteiger partial charge in [0.25, 0.3) is 5.91 Å². The van der Waals surface area contributed by atoms with Crippen LogP contribution in [0.3, 0.4) is 0 Å². The Kier molecular flexibility index (Phi) is 7.82. The minimum Gasteiger partial charge on any atom is -0.488 e. The van der Waals surface area contributed by atoms with Crippen LogP contribution in [0.4, 0.5) is 0 Å². The Bertz CT molecular complexity index is 1030. The van der Waals surface area contributed by atoms with Crippen LogP contribution in [-0.2, 0) is 11.4 Å². The van der Waals surface area contributed by atoms with E-state index in [0.717, 1.165) is 16.7 Å². The Morgan fingerprint density at radius 2 is 1.71 bits per heavy atom. The zero-order valence-electron chi connectivity index (χ0n) is 18.2. The lowest BCUT2D eigenvalue weighted by molar-refractivity contribution is -0.123. The van der Waals surface area contributed by atoms with Crippen molar-refractivity contribution >= 4 is 12.1 Å². The number of amides is 1. The molecule has 0 aliphatic rings. The van der Waals surface area contributed by atoms with Gasteiger partial charge in [-0.2, -0.15) is 5.10 Å². The Morgan fingerprint density at radius 3 is 2.48 bits per heavy atom. The Labute approximate surface area is 183 Å². The number of hydrogen-bond donors (Lipinski definition) is 1. The normalized spacial score (nSPS) is 11.0. The van der Waals surface area contributed by atoms with Crippen molar-refractivity contribution in [1.82, 2.24) is 5.43 Å². The van der Waals surface area contributed by atoms with Crippen LogP contribution in [0.5, 0.6) is 11.5 Å². The number of carbonyl (C=O) groups excluding carboxylic acids is 1. The molecule has 0 bridgehead atoms. The largest absolute Gasteiger partial charge is 0.488 e. The summed E-state index contributed by atoms with van der Waals surface area (Å²) in [7, 11) is 0. The first-order valence-electron chi connectivity index (χ1n) is 10.3. The predicted octanol–water partition coefficient (Wildman–Crippen LogP) is 5.23. The molecule has 0 aliphatic heterocycles. The molecule has 3 aromatic carbocycles. The zero-order chi connectivity index (χ0) is 22.1. The molecule has 0 unspecified atom stereocenters. The van der Waals surface area contributed by atoms with Gasteiger partial charge in [-0.25, -0.2) is 5.43 Å². The Balaban J connectivity index is 1.54. The van der Waals surface area contributed by atoms with Gasteiger partial charge in [-0.1, -0.05) is 68.4 Å². The van der Waals surface area contributed by atoms with Gasteiger partial charge in [-0.15, -0.1) is 0 Å². The number of rotatable bonds is 9. The third-order valence-electron chi connectivity index (χ3n) is 4.79. The first-order valence-corrected chi connectivity index (χ1v) is 10.3. The number of carbonyl (C=O) groups is 1. The summed E-state index contributed by atoms with van der Waals surface area (Å²) in [4.78, 5) is 12.2. The fourth-order valence-corrected chi connectivity index (χ4v) is 2.93. The first kappa shape index (κ1) is 22.1. The van der Waals surface area contributed by atoms with E-state index in [1.807, 2.05) is 73.7 Å². The van der Waals surface area contributed by atoms with Crippen LogP contribution in [0.25, 0.3) is 0 Å². The highest BCUT2D eigenvalue weighted by molar-refractivity contribution is 5.85. The lowest BCUT2D eigenvalue weighted by Gasteiger charge is -2.12. The molecule has 0 aliphatic carbocycles. The number of nitrogens with zero attached hydrogens (tertiary/aromatic N) is 1. The summed E-state index contributed by atoms with van der Waals surface area (Å²) in [6.07, 6.45) is 1.57. The molecule has 3 rings (SSSR count). The van der Waals surface area contributed by atoms with Crippen LogP contribution in [0.2, 0.25) is 0 Å². The highest BCUT2D eigenvalue weighted by Gasteiger charge is 2.07. The van der Waals surface area contributed by atoms with Gasteiger partial charge in [-0.3, -0.25) is 4.79 Å². The highest BCUT2D eigenvalue weighted by atomic mass is 16.5. The molecule has 0 atom stereocenters. The highest BCUT2D eigenvalue weighted by Crippen LogP contribution is 2.24. The van der Waals surface area contributed by atoms with Crippen LogP contribution in [0.15, 0.2) is 77.9 Å². The summed E-state index contributed by atoms with van der Waals surface area (Å²) in [6.45, 7) is 6.56. The third-order valence-corrected chi connectivity index (χ3v) is 4.79. The van der Waals surface area contributed by atoms with Crippen molar-refractivity contribution in [2.24, 2.45) is 5.10 Å². The van der Waals surface area contributed by atoms with Crippen molar-refractivity contribution in [3.63, 3.8) is 0 Å². The molecule has 1 N–H and O–H groups in total. The fraction of sp³-hybridized carbons (Fsp3) is 0.231.